The fourth-order valence-corrected chi connectivity index (χ4v) is 2.91. The zero-order valence-corrected chi connectivity index (χ0v) is 15.4. The molecule has 3 N–H and O–H groups in total. The number of rotatable bonds is 3. The maximum atomic E-state index is 12.3. The molecule has 2 amide bonds. The molecule has 0 atom stereocenters. The van der Waals surface area contributed by atoms with E-state index in [1.54, 1.807) is 18.2 Å². The summed E-state index contributed by atoms with van der Waals surface area (Å²) < 4.78 is 5.43. The number of alkyl carbamates (subject to hydrolysis) is 1. The van der Waals surface area contributed by atoms with Crippen molar-refractivity contribution in [1.82, 2.24) is 10.6 Å². The van der Waals surface area contributed by atoms with Crippen molar-refractivity contribution in [3.8, 4) is 5.75 Å². The van der Waals surface area contributed by atoms with Crippen molar-refractivity contribution in [2.75, 3.05) is 0 Å². The quantitative estimate of drug-likeness (QED) is 0.782. The highest BCUT2D eigenvalue weighted by atomic mass is 16.6. The maximum Gasteiger partial charge on any atom is 0.407 e. The molecule has 6 heteroatoms. The summed E-state index contributed by atoms with van der Waals surface area (Å²) in [6.07, 6.45) is 2.38. The molecular weight excluding hydrogens is 320 g/mol. The van der Waals surface area contributed by atoms with Crippen LogP contribution >= 0.6 is 0 Å². The first-order chi connectivity index (χ1) is 11.6. The van der Waals surface area contributed by atoms with E-state index in [1.165, 1.54) is 0 Å². The van der Waals surface area contributed by atoms with Gasteiger partial charge in [0.2, 0.25) is 0 Å². The van der Waals surface area contributed by atoms with Gasteiger partial charge in [-0.05, 0) is 71.1 Å². The molecule has 0 radical (unpaired) electrons. The van der Waals surface area contributed by atoms with Gasteiger partial charge >= 0.3 is 6.09 Å². The Kier molecular flexibility index (Phi) is 5.93. The average Bonchev–Trinajstić information content (AvgIpc) is 2.47. The van der Waals surface area contributed by atoms with Crippen LogP contribution in [0.5, 0.6) is 5.75 Å². The Labute approximate surface area is 149 Å². The van der Waals surface area contributed by atoms with Crippen molar-refractivity contribution in [3.05, 3.63) is 29.3 Å². The van der Waals surface area contributed by atoms with Crippen LogP contribution in [-0.2, 0) is 4.74 Å². The lowest BCUT2D eigenvalue weighted by Gasteiger charge is -2.30. The van der Waals surface area contributed by atoms with Crippen molar-refractivity contribution in [3.63, 3.8) is 0 Å². The normalized spacial score (nSPS) is 20.6. The second-order valence-electron chi connectivity index (χ2n) is 7.75. The maximum absolute atomic E-state index is 12.3. The molecule has 1 aliphatic carbocycles. The highest BCUT2D eigenvalue weighted by Gasteiger charge is 2.26. The Balaban J connectivity index is 1.80. The second kappa shape index (κ2) is 7.76. The van der Waals surface area contributed by atoms with E-state index in [0.29, 0.717) is 12.8 Å². The van der Waals surface area contributed by atoms with Crippen LogP contribution in [0, 0.1) is 6.92 Å². The molecule has 1 aromatic carbocycles. The highest BCUT2D eigenvalue weighted by molar-refractivity contribution is 5.97. The van der Waals surface area contributed by atoms with Crippen molar-refractivity contribution in [2.24, 2.45) is 0 Å². The summed E-state index contributed by atoms with van der Waals surface area (Å²) in [6, 6.07) is 5.03. The topological polar surface area (TPSA) is 87.7 Å². The number of carbonyl (C=O) groups excluding carboxylic acids is 2. The van der Waals surface area contributed by atoms with Gasteiger partial charge < -0.3 is 20.5 Å². The van der Waals surface area contributed by atoms with Gasteiger partial charge in [-0.15, -0.1) is 0 Å². The molecule has 1 aromatic rings. The van der Waals surface area contributed by atoms with Crippen LogP contribution in [0.4, 0.5) is 4.79 Å². The molecule has 138 valence electrons. The number of benzene rings is 1. The minimum atomic E-state index is -0.399. The summed E-state index contributed by atoms with van der Waals surface area (Å²) in [7, 11) is 0. The summed E-state index contributed by atoms with van der Waals surface area (Å²) in [5.41, 5.74) is 0.868. The van der Waals surface area contributed by atoms with Gasteiger partial charge in [0, 0.05) is 11.6 Å². The zero-order chi connectivity index (χ0) is 18.6. The van der Waals surface area contributed by atoms with E-state index >= 15 is 0 Å². The standard InChI is InChI=1S/C19H28N2O4/c1-12-5-10-15(16(22)11-12)17(23)20-13-6-8-14(9-7-13)25-18(24)21-19(2,3)4/h5,10-11,13-14,22H,6-9H2,1-4H3,(H,20,23)(H,21,24). The Morgan fingerprint density at radius 1 is 1.16 bits per heavy atom. The number of hydrogen-bond acceptors (Lipinski definition) is 4. The number of hydrogen-bond donors (Lipinski definition) is 3. The molecule has 25 heavy (non-hydrogen) atoms. The monoisotopic (exact) mass is 348 g/mol. The van der Waals surface area contributed by atoms with Gasteiger partial charge in [-0.2, -0.15) is 0 Å². The number of amides is 2. The molecule has 6 nitrogen and oxygen atoms in total. The summed E-state index contributed by atoms with van der Waals surface area (Å²) in [5, 5.41) is 15.6. The molecule has 1 aliphatic rings. The molecule has 0 unspecified atom stereocenters. The zero-order valence-electron chi connectivity index (χ0n) is 15.4. The van der Waals surface area contributed by atoms with Gasteiger partial charge in [-0.25, -0.2) is 4.79 Å². The number of phenolic OH excluding ortho intramolecular Hbond substituents is 1. The molecule has 1 fully saturated rings. The van der Waals surface area contributed by atoms with Gasteiger partial charge in [0.05, 0.1) is 5.56 Å². The van der Waals surface area contributed by atoms with Gasteiger partial charge in [0.15, 0.2) is 0 Å². The second-order valence-corrected chi connectivity index (χ2v) is 7.75. The number of nitrogens with one attached hydrogen (secondary N) is 2. The van der Waals surface area contributed by atoms with E-state index in [0.717, 1.165) is 18.4 Å². The third kappa shape index (κ3) is 5.96. The third-order valence-corrected chi connectivity index (χ3v) is 4.16. The number of ether oxygens (including phenoxy) is 1. The lowest BCUT2D eigenvalue weighted by molar-refractivity contribution is 0.0615. The summed E-state index contributed by atoms with van der Waals surface area (Å²) in [5.74, 6) is -0.277. The Hall–Kier alpha value is -2.24. The summed E-state index contributed by atoms with van der Waals surface area (Å²) in [6.45, 7) is 7.57. The lowest BCUT2D eigenvalue weighted by Crippen LogP contribution is -2.44. The molecule has 0 saturated heterocycles. The minimum Gasteiger partial charge on any atom is -0.507 e. The molecule has 0 bridgehead atoms. The predicted molar refractivity (Wildman–Crippen MR) is 95.7 cm³/mol. The number of aromatic hydroxyl groups is 1. The van der Waals surface area contributed by atoms with Crippen molar-refractivity contribution in [1.29, 1.82) is 0 Å². The van der Waals surface area contributed by atoms with Gasteiger partial charge in [-0.1, -0.05) is 6.07 Å². The van der Waals surface area contributed by atoms with Crippen LogP contribution in [0.15, 0.2) is 18.2 Å². The minimum absolute atomic E-state index is 0.00614. The number of phenols is 1. The number of aryl methyl sites for hydroxylation is 1. The Morgan fingerprint density at radius 3 is 2.36 bits per heavy atom. The van der Waals surface area contributed by atoms with E-state index in [4.69, 9.17) is 4.74 Å². The van der Waals surface area contributed by atoms with Crippen molar-refractivity contribution in [2.45, 2.75) is 71.1 Å². The van der Waals surface area contributed by atoms with Crippen LogP contribution in [-0.4, -0.2) is 34.8 Å². The first-order valence-electron chi connectivity index (χ1n) is 8.73. The molecule has 1 saturated carbocycles. The first-order valence-corrected chi connectivity index (χ1v) is 8.73. The van der Waals surface area contributed by atoms with E-state index in [-0.39, 0.29) is 34.9 Å². The Morgan fingerprint density at radius 2 is 1.80 bits per heavy atom. The molecule has 0 spiro atoms. The van der Waals surface area contributed by atoms with E-state index in [9.17, 15) is 14.7 Å². The molecule has 0 heterocycles. The van der Waals surface area contributed by atoms with Crippen LogP contribution in [0.2, 0.25) is 0 Å². The van der Waals surface area contributed by atoms with Crippen LogP contribution < -0.4 is 10.6 Å². The van der Waals surface area contributed by atoms with Gasteiger partial charge in [0.25, 0.3) is 5.91 Å². The largest absolute Gasteiger partial charge is 0.507 e. The SMILES string of the molecule is Cc1ccc(C(=O)NC2CCC(OC(=O)NC(C)(C)C)CC2)c(O)c1. The molecule has 0 aliphatic heterocycles. The Bertz CT molecular complexity index is 629. The smallest absolute Gasteiger partial charge is 0.407 e. The van der Waals surface area contributed by atoms with Crippen molar-refractivity contribution >= 4 is 12.0 Å². The van der Waals surface area contributed by atoms with Crippen LogP contribution in [0.25, 0.3) is 0 Å². The summed E-state index contributed by atoms with van der Waals surface area (Å²) >= 11 is 0. The highest BCUT2D eigenvalue weighted by Crippen LogP contribution is 2.23. The molecular formula is C19H28N2O4. The molecule has 2 rings (SSSR count). The fraction of sp³-hybridized carbons (Fsp3) is 0.579. The average molecular weight is 348 g/mol. The first kappa shape index (κ1) is 19.1. The van der Waals surface area contributed by atoms with E-state index in [2.05, 4.69) is 10.6 Å². The van der Waals surface area contributed by atoms with Crippen LogP contribution in [0.1, 0.15) is 62.4 Å². The van der Waals surface area contributed by atoms with E-state index < -0.39 is 6.09 Å². The predicted octanol–water partition coefficient (Wildman–Crippen LogP) is 3.27. The van der Waals surface area contributed by atoms with Gasteiger partial charge in [-0.3, -0.25) is 4.79 Å². The van der Waals surface area contributed by atoms with E-state index in [1.807, 2.05) is 27.7 Å². The third-order valence-electron chi connectivity index (χ3n) is 4.16. The van der Waals surface area contributed by atoms with Crippen LogP contribution in [0.3, 0.4) is 0 Å². The fourth-order valence-electron chi connectivity index (χ4n) is 2.91. The molecule has 0 aromatic heterocycles. The van der Waals surface area contributed by atoms with Gasteiger partial charge in [0.1, 0.15) is 11.9 Å². The van der Waals surface area contributed by atoms with Crippen molar-refractivity contribution < 1.29 is 19.4 Å². The lowest BCUT2D eigenvalue weighted by atomic mass is 9.92. The number of carbonyl (C=O) groups is 2. The summed E-state index contributed by atoms with van der Waals surface area (Å²) in [4.78, 5) is 24.1.